The number of nitrogens with one attached hydrogen (secondary N) is 1. The van der Waals surface area contributed by atoms with Crippen LogP contribution in [0.3, 0.4) is 0 Å². The number of carbonyl (C=O) groups excluding carboxylic acids is 1. The van der Waals surface area contributed by atoms with Gasteiger partial charge in [-0.25, -0.2) is 9.18 Å². The summed E-state index contributed by atoms with van der Waals surface area (Å²) in [5, 5.41) is 3.03. The van der Waals surface area contributed by atoms with E-state index in [0.29, 0.717) is 5.92 Å². The van der Waals surface area contributed by atoms with Crippen molar-refractivity contribution in [1.29, 1.82) is 0 Å². The van der Waals surface area contributed by atoms with Crippen LogP contribution < -0.4 is 5.32 Å². The van der Waals surface area contributed by atoms with Crippen LogP contribution in [0.15, 0.2) is 48.5 Å². The number of ether oxygens (including phenoxy) is 1. The van der Waals surface area contributed by atoms with E-state index in [1.165, 1.54) is 12.1 Å². The summed E-state index contributed by atoms with van der Waals surface area (Å²) >= 11 is 0. The molecule has 0 aromatic heterocycles. The third kappa shape index (κ3) is 4.04. The van der Waals surface area contributed by atoms with Crippen molar-refractivity contribution in [3.63, 3.8) is 0 Å². The Morgan fingerprint density at radius 3 is 2.46 bits per heavy atom. The zero-order chi connectivity index (χ0) is 19.7. The zero-order valence-electron chi connectivity index (χ0n) is 16.5. The number of piperidine rings is 3. The fraction of sp³-hybridized carbons (Fsp3) is 0.435. The van der Waals surface area contributed by atoms with Gasteiger partial charge in [0.15, 0.2) is 0 Å². The molecule has 4 nitrogen and oxygen atoms in total. The second kappa shape index (κ2) is 7.55. The van der Waals surface area contributed by atoms with E-state index in [-0.39, 0.29) is 18.0 Å². The molecule has 0 spiro atoms. The highest BCUT2D eigenvalue weighted by atomic mass is 19.1. The first kappa shape index (κ1) is 18.9. The van der Waals surface area contributed by atoms with Crippen molar-refractivity contribution in [3.05, 3.63) is 59.9 Å². The Kier molecular flexibility index (Phi) is 5.11. The van der Waals surface area contributed by atoms with Gasteiger partial charge in [-0.1, -0.05) is 30.3 Å². The average molecular weight is 382 g/mol. The third-order valence-corrected chi connectivity index (χ3v) is 6.03. The summed E-state index contributed by atoms with van der Waals surface area (Å²) in [4.78, 5) is 14.9. The van der Waals surface area contributed by atoms with Crippen LogP contribution in [0.2, 0.25) is 0 Å². The van der Waals surface area contributed by atoms with Gasteiger partial charge in [-0.05, 0) is 80.6 Å². The normalized spacial score (nSPS) is 24.0. The topological polar surface area (TPSA) is 41.6 Å². The van der Waals surface area contributed by atoms with Crippen molar-refractivity contribution in [2.75, 3.05) is 19.6 Å². The van der Waals surface area contributed by atoms with Crippen molar-refractivity contribution < 1.29 is 13.9 Å². The van der Waals surface area contributed by atoms with E-state index >= 15 is 0 Å². The van der Waals surface area contributed by atoms with Gasteiger partial charge in [0.05, 0.1) is 5.54 Å². The number of halogens is 1. The van der Waals surface area contributed by atoms with Gasteiger partial charge in [-0.15, -0.1) is 0 Å². The number of benzene rings is 2. The lowest BCUT2D eigenvalue weighted by atomic mass is 9.86. The molecule has 28 heavy (non-hydrogen) atoms. The molecule has 2 bridgehead atoms. The summed E-state index contributed by atoms with van der Waals surface area (Å²) in [6.07, 6.45) is 1.85. The molecule has 5 rings (SSSR count). The van der Waals surface area contributed by atoms with Crippen LogP contribution in [-0.4, -0.2) is 36.7 Å². The molecule has 5 heteroatoms. The fourth-order valence-electron chi connectivity index (χ4n) is 4.27. The van der Waals surface area contributed by atoms with Crippen LogP contribution in [0.5, 0.6) is 0 Å². The van der Waals surface area contributed by atoms with Gasteiger partial charge in [0.1, 0.15) is 11.9 Å². The number of carbonyl (C=O) groups is 1. The molecule has 1 atom stereocenters. The molecule has 1 amide bonds. The van der Waals surface area contributed by atoms with Gasteiger partial charge in [0.2, 0.25) is 0 Å². The molecule has 1 N–H and O–H groups in total. The quantitative estimate of drug-likeness (QED) is 0.844. The summed E-state index contributed by atoms with van der Waals surface area (Å²) in [6, 6.07) is 14.4. The average Bonchev–Trinajstić information content (AvgIpc) is 2.69. The van der Waals surface area contributed by atoms with Crippen molar-refractivity contribution in [2.45, 2.75) is 38.3 Å². The molecule has 3 aliphatic heterocycles. The van der Waals surface area contributed by atoms with Crippen LogP contribution in [0.1, 0.15) is 32.3 Å². The third-order valence-electron chi connectivity index (χ3n) is 6.03. The number of rotatable bonds is 4. The molecule has 2 aromatic rings. The molecule has 2 aromatic carbocycles. The predicted octanol–water partition coefficient (Wildman–Crippen LogP) is 4.55. The van der Waals surface area contributed by atoms with Crippen molar-refractivity contribution >= 4 is 6.09 Å². The Bertz CT molecular complexity index is 842. The Hall–Kier alpha value is -2.40. The summed E-state index contributed by atoms with van der Waals surface area (Å²) in [7, 11) is 0. The van der Waals surface area contributed by atoms with E-state index in [0.717, 1.165) is 49.2 Å². The lowest BCUT2D eigenvalue weighted by molar-refractivity contribution is -0.0349. The highest BCUT2D eigenvalue weighted by molar-refractivity contribution is 5.70. The van der Waals surface area contributed by atoms with Crippen molar-refractivity contribution in [2.24, 2.45) is 5.92 Å². The van der Waals surface area contributed by atoms with Crippen molar-refractivity contribution in [3.8, 4) is 11.1 Å². The highest BCUT2D eigenvalue weighted by Crippen LogP contribution is 2.30. The first-order chi connectivity index (χ1) is 13.4. The largest absolute Gasteiger partial charge is 0.445 e. The SMILES string of the molecule is CC(C)(NC(=O)O[C@@H]1CN2CCC1CC2)c1cccc(-c2ccc(F)cc2)c1. The summed E-state index contributed by atoms with van der Waals surface area (Å²) < 4.78 is 19.0. The maximum atomic E-state index is 13.2. The van der Waals surface area contributed by atoms with Crippen LogP contribution in [-0.2, 0) is 10.3 Å². The van der Waals surface area contributed by atoms with E-state index < -0.39 is 5.54 Å². The number of hydrogen-bond donors (Lipinski definition) is 1. The smallest absolute Gasteiger partial charge is 0.408 e. The van der Waals surface area contributed by atoms with E-state index in [2.05, 4.69) is 10.2 Å². The molecule has 0 aliphatic carbocycles. The number of nitrogens with zero attached hydrogens (tertiary/aromatic N) is 1. The number of fused-ring (bicyclic) bond motifs is 3. The molecule has 148 valence electrons. The predicted molar refractivity (Wildman–Crippen MR) is 107 cm³/mol. The maximum absolute atomic E-state index is 13.2. The highest BCUT2D eigenvalue weighted by Gasteiger charge is 2.37. The van der Waals surface area contributed by atoms with E-state index in [1.807, 2.05) is 38.1 Å². The summed E-state index contributed by atoms with van der Waals surface area (Å²) in [5.74, 6) is 0.234. The second-order valence-electron chi connectivity index (χ2n) is 8.42. The molecule has 0 saturated carbocycles. The van der Waals surface area contributed by atoms with Crippen molar-refractivity contribution in [1.82, 2.24) is 10.2 Å². The first-order valence-electron chi connectivity index (χ1n) is 9.98. The molecule has 3 aliphatic rings. The summed E-state index contributed by atoms with van der Waals surface area (Å²) in [5.41, 5.74) is 2.31. The van der Waals surface area contributed by atoms with Gasteiger partial charge >= 0.3 is 6.09 Å². The van der Waals surface area contributed by atoms with Crippen LogP contribution in [0, 0.1) is 11.7 Å². The van der Waals surface area contributed by atoms with E-state index in [4.69, 9.17) is 4.74 Å². The maximum Gasteiger partial charge on any atom is 0.408 e. The standard InChI is InChI=1S/C23H27FN2O2/c1-23(2,25-22(27)28-21-15-26-12-10-17(21)11-13-26)19-5-3-4-18(14-19)16-6-8-20(24)9-7-16/h3-9,14,17,21H,10-13,15H2,1-2H3,(H,25,27)/t21-/m1/s1. The van der Waals surface area contributed by atoms with E-state index in [1.54, 1.807) is 12.1 Å². The number of alkyl carbamates (subject to hydrolysis) is 1. The minimum atomic E-state index is -0.582. The lowest BCUT2D eigenvalue weighted by Crippen LogP contribution is -2.53. The first-order valence-corrected chi connectivity index (χ1v) is 9.98. The molecule has 0 radical (unpaired) electrons. The van der Waals surface area contributed by atoms with E-state index in [9.17, 15) is 9.18 Å². The second-order valence-corrected chi connectivity index (χ2v) is 8.42. The number of hydrogen-bond acceptors (Lipinski definition) is 3. The lowest BCUT2D eigenvalue weighted by Gasteiger charge is -2.44. The number of amides is 1. The molecule has 3 saturated heterocycles. The Balaban J connectivity index is 1.45. The van der Waals surface area contributed by atoms with Gasteiger partial charge in [0.25, 0.3) is 0 Å². The van der Waals surface area contributed by atoms with Gasteiger partial charge < -0.3 is 10.1 Å². The molecule has 3 heterocycles. The summed E-state index contributed by atoms with van der Waals surface area (Å²) in [6.45, 7) is 7.02. The molecule has 3 fully saturated rings. The van der Waals surface area contributed by atoms with Gasteiger partial charge in [0, 0.05) is 6.54 Å². The molecule has 0 unspecified atom stereocenters. The monoisotopic (exact) mass is 382 g/mol. The van der Waals surface area contributed by atoms with Crippen LogP contribution in [0.25, 0.3) is 11.1 Å². The van der Waals surface area contributed by atoms with Crippen LogP contribution >= 0.6 is 0 Å². The molecular formula is C23H27FN2O2. The van der Waals surface area contributed by atoms with Gasteiger partial charge in [-0.2, -0.15) is 0 Å². The molecular weight excluding hydrogens is 355 g/mol. The Morgan fingerprint density at radius 1 is 1.11 bits per heavy atom. The van der Waals surface area contributed by atoms with Gasteiger partial charge in [-0.3, -0.25) is 4.90 Å². The minimum Gasteiger partial charge on any atom is -0.445 e. The minimum absolute atomic E-state index is 0.0103. The van der Waals surface area contributed by atoms with Crippen LogP contribution in [0.4, 0.5) is 9.18 Å². The fourth-order valence-corrected chi connectivity index (χ4v) is 4.27. The zero-order valence-corrected chi connectivity index (χ0v) is 16.5. The Morgan fingerprint density at radius 2 is 1.82 bits per heavy atom. The Labute approximate surface area is 165 Å².